The Kier molecular flexibility index (Phi) is 4.17. The Bertz CT molecular complexity index is 508. The summed E-state index contributed by atoms with van der Waals surface area (Å²) in [6, 6.07) is 11.0. The zero-order chi connectivity index (χ0) is 13.0. The average molecular weight is 278 g/mol. The van der Waals surface area contributed by atoms with Gasteiger partial charge in [0.25, 0.3) is 0 Å². The van der Waals surface area contributed by atoms with Crippen molar-refractivity contribution in [2.75, 3.05) is 11.9 Å². The number of phenols is 1. The summed E-state index contributed by atoms with van der Waals surface area (Å²) < 4.78 is 0. The fourth-order valence-corrected chi connectivity index (χ4v) is 2.31. The minimum atomic E-state index is 0.254. The molecule has 2 rings (SSSR count). The fourth-order valence-electron chi connectivity index (χ4n) is 1.49. The van der Waals surface area contributed by atoms with Crippen LogP contribution in [0.5, 0.6) is 5.75 Å². The van der Waals surface area contributed by atoms with Crippen LogP contribution in [0.1, 0.15) is 4.88 Å². The van der Waals surface area contributed by atoms with E-state index in [2.05, 4.69) is 11.4 Å². The van der Waals surface area contributed by atoms with Crippen LogP contribution < -0.4 is 10.2 Å². The highest BCUT2D eigenvalue weighted by molar-refractivity contribution is 7.80. The number of anilines is 1. The molecular formula is C13H14N2OS2. The maximum Gasteiger partial charge on any atom is 0.173 e. The van der Waals surface area contributed by atoms with Gasteiger partial charge in [-0.15, -0.1) is 11.3 Å². The number of aromatic hydroxyl groups is 1. The molecule has 3 nitrogen and oxygen atoms in total. The van der Waals surface area contributed by atoms with E-state index in [-0.39, 0.29) is 5.75 Å². The van der Waals surface area contributed by atoms with E-state index < -0.39 is 0 Å². The minimum Gasteiger partial charge on any atom is -0.508 e. The Morgan fingerprint density at radius 2 is 2.06 bits per heavy atom. The third-order valence-electron chi connectivity index (χ3n) is 2.54. The predicted octanol–water partition coefficient (Wildman–Crippen LogP) is 2.96. The van der Waals surface area contributed by atoms with Gasteiger partial charge in [-0.1, -0.05) is 6.07 Å². The third-order valence-corrected chi connectivity index (χ3v) is 3.83. The van der Waals surface area contributed by atoms with Crippen molar-refractivity contribution >= 4 is 34.4 Å². The van der Waals surface area contributed by atoms with Gasteiger partial charge in [0.2, 0.25) is 0 Å². The molecule has 0 spiro atoms. The van der Waals surface area contributed by atoms with Gasteiger partial charge in [-0.3, -0.25) is 0 Å². The van der Waals surface area contributed by atoms with Gasteiger partial charge in [0.1, 0.15) is 5.75 Å². The molecule has 0 saturated heterocycles. The van der Waals surface area contributed by atoms with Crippen LogP contribution >= 0.6 is 23.6 Å². The first-order valence-electron chi connectivity index (χ1n) is 5.50. The van der Waals surface area contributed by atoms with Crippen molar-refractivity contribution < 1.29 is 5.11 Å². The molecule has 0 bridgehead atoms. The number of thiophene rings is 1. The molecule has 1 heterocycles. The summed E-state index contributed by atoms with van der Waals surface area (Å²) in [4.78, 5) is 3.12. The Morgan fingerprint density at radius 3 is 2.67 bits per heavy atom. The fraction of sp³-hybridized carbons (Fsp3) is 0.154. The maximum atomic E-state index is 9.24. The molecule has 0 atom stereocenters. The molecule has 2 aromatic rings. The molecule has 0 radical (unpaired) electrons. The zero-order valence-corrected chi connectivity index (χ0v) is 11.6. The molecule has 0 aliphatic carbocycles. The minimum absolute atomic E-state index is 0.254. The van der Waals surface area contributed by atoms with Gasteiger partial charge in [0.05, 0.1) is 6.54 Å². The lowest BCUT2D eigenvalue weighted by Gasteiger charge is -2.20. The van der Waals surface area contributed by atoms with Crippen molar-refractivity contribution in [3.8, 4) is 5.75 Å². The zero-order valence-electron chi connectivity index (χ0n) is 9.96. The van der Waals surface area contributed by atoms with E-state index >= 15 is 0 Å². The Morgan fingerprint density at radius 1 is 1.33 bits per heavy atom. The lowest BCUT2D eigenvalue weighted by molar-refractivity contribution is 0.475. The quantitative estimate of drug-likeness (QED) is 0.846. The summed E-state index contributed by atoms with van der Waals surface area (Å²) in [6.07, 6.45) is 0. The van der Waals surface area contributed by atoms with Gasteiger partial charge < -0.3 is 15.3 Å². The van der Waals surface area contributed by atoms with Crippen molar-refractivity contribution in [2.24, 2.45) is 0 Å². The predicted molar refractivity (Wildman–Crippen MR) is 80.3 cm³/mol. The molecule has 0 unspecified atom stereocenters. The van der Waals surface area contributed by atoms with Crippen LogP contribution in [-0.4, -0.2) is 17.3 Å². The average Bonchev–Trinajstić information content (AvgIpc) is 2.89. The van der Waals surface area contributed by atoms with E-state index in [9.17, 15) is 5.11 Å². The summed E-state index contributed by atoms with van der Waals surface area (Å²) in [5, 5.41) is 15.1. The molecule has 0 aliphatic rings. The highest BCUT2D eigenvalue weighted by atomic mass is 32.1. The van der Waals surface area contributed by atoms with Crippen LogP contribution in [-0.2, 0) is 6.54 Å². The summed E-state index contributed by atoms with van der Waals surface area (Å²) in [5.41, 5.74) is 0.941. The number of nitrogens with zero attached hydrogens (tertiary/aromatic N) is 1. The monoisotopic (exact) mass is 278 g/mol. The molecule has 0 aliphatic heterocycles. The van der Waals surface area contributed by atoms with Crippen LogP contribution in [0.4, 0.5) is 5.69 Å². The molecular weight excluding hydrogens is 264 g/mol. The van der Waals surface area contributed by atoms with E-state index in [4.69, 9.17) is 12.2 Å². The van der Waals surface area contributed by atoms with E-state index in [0.29, 0.717) is 5.11 Å². The van der Waals surface area contributed by atoms with Crippen molar-refractivity contribution in [3.63, 3.8) is 0 Å². The van der Waals surface area contributed by atoms with Gasteiger partial charge in [-0.2, -0.15) is 0 Å². The lowest BCUT2D eigenvalue weighted by Crippen LogP contribution is -2.36. The van der Waals surface area contributed by atoms with Gasteiger partial charge in [-0.25, -0.2) is 0 Å². The molecule has 2 N–H and O–H groups in total. The Hall–Kier alpha value is -1.59. The molecule has 0 amide bonds. The van der Waals surface area contributed by atoms with Crippen LogP contribution in [0.25, 0.3) is 0 Å². The SMILES string of the molecule is CN(C(=S)NCc1cccs1)c1ccc(O)cc1. The second-order valence-corrected chi connectivity index (χ2v) is 5.23. The molecule has 1 aromatic heterocycles. The smallest absolute Gasteiger partial charge is 0.173 e. The molecule has 5 heteroatoms. The third kappa shape index (κ3) is 3.21. The van der Waals surface area contributed by atoms with Crippen LogP contribution in [0.2, 0.25) is 0 Å². The van der Waals surface area contributed by atoms with Gasteiger partial charge in [0.15, 0.2) is 5.11 Å². The van der Waals surface area contributed by atoms with Crippen molar-refractivity contribution in [1.29, 1.82) is 0 Å². The van der Waals surface area contributed by atoms with Crippen LogP contribution in [0.15, 0.2) is 41.8 Å². The summed E-state index contributed by atoms with van der Waals surface area (Å²) in [7, 11) is 1.90. The highest BCUT2D eigenvalue weighted by Gasteiger charge is 2.06. The van der Waals surface area contributed by atoms with E-state index in [1.54, 1.807) is 23.5 Å². The van der Waals surface area contributed by atoms with Crippen molar-refractivity contribution in [3.05, 3.63) is 46.7 Å². The lowest BCUT2D eigenvalue weighted by atomic mass is 10.3. The Balaban J connectivity index is 1.94. The Labute approximate surface area is 116 Å². The van der Waals surface area contributed by atoms with Gasteiger partial charge in [0, 0.05) is 17.6 Å². The number of phenolic OH excluding ortho intramolecular Hbond substituents is 1. The van der Waals surface area contributed by atoms with E-state index in [0.717, 1.165) is 12.2 Å². The standard InChI is InChI=1S/C13H14N2OS2/c1-15(10-4-6-11(16)7-5-10)13(17)14-9-12-3-2-8-18-12/h2-8,16H,9H2,1H3,(H,14,17). The van der Waals surface area contributed by atoms with Crippen molar-refractivity contribution in [1.82, 2.24) is 5.32 Å². The van der Waals surface area contributed by atoms with Crippen molar-refractivity contribution in [2.45, 2.75) is 6.54 Å². The first kappa shape index (κ1) is 12.9. The maximum absolute atomic E-state index is 9.24. The second-order valence-electron chi connectivity index (χ2n) is 3.81. The van der Waals surface area contributed by atoms with Crippen LogP contribution in [0, 0.1) is 0 Å². The normalized spacial score (nSPS) is 10.1. The van der Waals surface area contributed by atoms with Crippen LogP contribution in [0.3, 0.4) is 0 Å². The topological polar surface area (TPSA) is 35.5 Å². The molecule has 18 heavy (non-hydrogen) atoms. The largest absolute Gasteiger partial charge is 0.508 e. The summed E-state index contributed by atoms with van der Waals surface area (Å²) in [5.74, 6) is 0.254. The van der Waals surface area contributed by atoms with Gasteiger partial charge >= 0.3 is 0 Å². The van der Waals surface area contributed by atoms with Gasteiger partial charge in [-0.05, 0) is 47.9 Å². The number of hydrogen-bond acceptors (Lipinski definition) is 3. The van der Waals surface area contributed by atoms with E-state index in [1.807, 2.05) is 35.5 Å². The number of benzene rings is 1. The number of nitrogens with one attached hydrogen (secondary N) is 1. The number of thiocarbonyl (C=S) groups is 1. The molecule has 0 saturated carbocycles. The first-order chi connectivity index (χ1) is 8.66. The number of rotatable bonds is 3. The molecule has 94 valence electrons. The number of hydrogen-bond donors (Lipinski definition) is 2. The van der Waals surface area contributed by atoms with E-state index in [1.165, 1.54) is 4.88 Å². The summed E-state index contributed by atoms with van der Waals surface area (Å²) >= 11 is 7.02. The summed E-state index contributed by atoms with van der Waals surface area (Å²) in [6.45, 7) is 0.735. The molecule has 0 fully saturated rings. The first-order valence-corrected chi connectivity index (χ1v) is 6.78. The highest BCUT2D eigenvalue weighted by Crippen LogP contribution is 2.17. The molecule has 1 aromatic carbocycles. The second kappa shape index (κ2) is 5.84.